The largest absolute Gasteiger partial charge is 0.481 e. The summed E-state index contributed by atoms with van der Waals surface area (Å²) in [6, 6.07) is 16.8. The minimum absolute atomic E-state index is 0.140. The quantitative estimate of drug-likeness (QED) is 0.888. The maximum absolute atomic E-state index is 12.2. The zero-order chi connectivity index (χ0) is 14.4. The van der Waals surface area contributed by atoms with E-state index < -0.39 is 6.10 Å². The van der Waals surface area contributed by atoms with Gasteiger partial charge in [0.15, 0.2) is 6.10 Å². The second kappa shape index (κ2) is 7.10. The lowest BCUT2D eigenvalue weighted by atomic mass is 10.2. The third-order valence-electron chi connectivity index (χ3n) is 2.80. The van der Waals surface area contributed by atoms with E-state index >= 15 is 0 Å². The van der Waals surface area contributed by atoms with Gasteiger partial charge in [-0.25, -0.2) is 0 Å². The van der Waals surface area contributed by atoms with Crippen molar-refractivity contribution in [3.63, 3.8) is 0 Å². The Morgan fingerprint density at radius 1 is 1.15 bits per heavy atom. The van der Waals surface area contributed by atoms with Crippen LogP contribution in [0.1, 0.15) is 13.3 Å². The molecule has 0 spiro atoms. The van der Waals surface area contributed by atoms with Crippen molar-refractivity contribution < 1.29 is 9.53 Å². The van der Waals surface area contributed by atoms with Gasteiger partial charge in [0.25, 0.3) is 5.91 Å². The molecule has 0 saturated carbocycles. The molecular formula is C16H16BrNO2. The smallest absolute Gasteiger partial charge is 0.265 e. The molecule has 4 heteroatoms. The third kappa shape index (κ3) is 4.10. The van der Waals surface area contributed by atoms with E-state index in [1.165, 1.54) is 0 Å². The Labute approximate surface area is 127 Å². The first-order valence-corrected chi connectivity index (χ1v) is 7.26. The fraction of sp³-hybridized carbons (Fsp3) is 0.188. The molecular weight excluding hydrogens is 318 g/mol. The average molecular weight is 334 g/mol. The Morgan fingerprint density at radius 3 is 2.40 bits per heavy atom. The summed E-state index contributed by atoms with van der Waals surface area (Å²) >= 11 is 3.36. The first-order chi connectivity index (χ1) is 9.69. The highest BCUT2D eigenvalue weighted by atomic mass is 79.9. The highest BCUT2D eigenvalue weighted by Gasteiger charge is 2.18. The molecule has 2 aromatic rings. The van der Waals surface area contributed by atoms with Gasteiger partial charge >= 0.3 is 0 Å². The second-order valence-corrected chi connectivity index (χ2v) is 5.24. The summed E-state index contributed by atoms with van der Waals surface area (Å²) in [5, 5.41) is 2.86. The van der Waals surface area contributed by atoms with Crippen molar-refractivity contribution >= 4 is 27.5 Å². The van der Waals surface area contributed by atoms with Gasteiger partial charge in [-0.2, -0.15) is 0 Å². The van der Waals surface area contributed by atoms with Crippen LogP contribution in [0.3, 0.4) is 0 Å². The van der Waals surface area contributed by atoms with Crippen molar-refractivity contribution in [2.45, 2.75) is 19.4 Å². The molecule has 1 unspecified atom stereocenters. The lowest BCUT2D eigenvalue weighted by Gasteiger charge is -2.17. The van der Waals surface area contributed by atoms with Crippen LogP contribution in [0.25, 0.3) is 0 Å². The molecule has 104 valence electrons. The Hall–Kier alpha value is -1.81. The van der Waals surface area contributed by atoms with E-state index in [9.17, 15) is 4.79 Å². The maximum atomic E-state index is 12.2. The number of halogens is 1. The van der Waals surface area contributed by atoms with E-state index in [0.717, 1.165) is 10.2 Å². The maximum Gasteiger partial charge on any atom is 0.265 e. The van der Waals surface area contributed by atoms with Crippen LogP contribution in [0.5, 0.6) is 5.75 Å². The first kappa shape index (κ1) is 14.6. The second-order valence-electron chi connectivity index (χ2n) is 4.32. The molecule has 0 aliphatic heterocycles. The first-order valence-electron chi connectivity index (χ1n) is 6.47. The molecule has 20 heavy (non-hydrogen) atoms. The van der Waals surface area contributed by atoms with Crippen LogP contribution in [-0.4, -0.2) is 12.0 Å². The molecule has 1 N–H and O–H groups in total. The van der Waals surface area contributed by atoms with Gasteiger partial charge in [0.1, 0.15) is 5.75 Å². The molecule has 0 aromatic heterocycles. The predicted molar refractivity (Wildman–Crippen MR) is 83.9 cm³/mol. The van der Waals surface area contributed by atoms with Gasteiger partial charge < -0.3 is 10.1 Å². The zero-order valence-electron chi connectivity index (χ0n) is 11.2. The molecule has 0 saturated heterocycles. The molecule has 0 aliphatic carbocycles. The van der Waals surface area contributed by atoms with E-state index in [-0.39, 0.29) is 5.91 Å². The van der Waals surface area contributed by atoms with Crippen molar-refractivity contribution in [1.82, 2.24) is 0 Å². The average Bonchev–Trinajstić information content (AvgIpc) is 2.48. The molecule has 0 bridgehead atoms. The number of benzene rings is 2. The van der Waals surface area contributed by atoms with E-state index in [0.29, 0.717) is 12.2 Å². The molecule has 3 nitrogen and oxygen atoms in total. The number of amides is 1. The van der Waals surface area contributed by atoms with Crippen molar-refractivity contribution in [2.75, 3.05) is 5.32 Å². The Balaban J connectivity index is 2.00. The number of ether oxygens (including phenoxy) is 1. The molecule has 2 rings (SSSR count). The van der Waals surface area contributed by atoms with Crippen LogP contribution in [0.15, 0.2) is 59.1 Å². The molecule has 0 fully saturated rings. The number of anilines is 1. The fourth-order valence-electron chi connectivity index (χ4n) is 1.74. The topological polar surface area (TPSA) is 38.3 Å². The summed E-state index contributed by atoms with van der Waals surface area (Å²) in [5.41, 5.74) is 0.758. The number of hydrogen-bond acceptors (Lipinski definition) is 2. The monoisotopic (exact) mass is 333 g/mol. The van der Waals surface area contributed by atoms with Crippen LogP contribution < -0.4 is 10.1 Å². The molecule has 0 heterocycles. The lowest BCUT2D eigenvalue weighted by Crippen LogP contribution is -2.32. The zero-order valence-corrected chi connectivity index (χ0v) is 12.8. The van der Waals surface area contributed by atoms with E-state index in [1.54, 1.807) is 0 Å². The van der Waals surface area contributed by atoms with Crippen LogP contribution >= 0.6 is 15.9 Å². The molecule has 1 amide bonds. The third-order valence-corrected chi connectivity index (χ3v) is 3.33. The number of carbonyl (C=O) groups excluding carboxylic acids is 1. The van der Waals surface area contributed by atoms with Crippen LogP contribution in [0, 0.1) is 0 Å². The number of hydrogen-bond donors (Lipinski definition) is 1. The molecule has 2 aromatic carbocycles. The van der Waals surface area contributed by atoms with Gasteiger partial charge in [-0.3, -0.25) is 4.79 Å². The molecule has 1 atom stereocenters. The van der Waals surface area contributed by atoms with Gasteiger partial charge in [0.2, 0.25) is 0 Å². The van der Waals surface area contributed by atoms with Gasteiger partial charge in [-0.15, -0.1) is 0 Å². The Kier molecular flexibility index (Phi) is 5.18. The van der Waals surface area contributed by atoms with Crippen molar-refractivity contribution in [2.24, 2.45) is 0 Å². The van der Waals surface area contributed by atoms with Crippen LogP contribution in [0.2, 0.25) is 0 Å². The fourth-order valence-corrected chi connectivity index (χ4v) is 2.01. The van der Waals surface area contributed by atoms with Gasteiger partial charge in [0.05, 0.1) is 0 Å². The van der Waals surface area contributed by atoms with Gasteiger partial charge in [0, 0.05) is 10.2 Å². The summed E-state index contributed by atoms with van der Waals surface area (Å²) in [6.07, 6.45) is 0.109. The van der Waals surface area contributed by atoms with Crippen molar-refractivity contribution in [3.05, 3.63) is 59.1 Å². The number of carbonyl (C=O) groups is 1. The number of nitrogens with one attached hydrogen (secondary N) is 1. The highest BCUT2D eigenvalue weighted by molar-refractivity contribution is 9.10. The highest BCUT2D eigenvalue weighted by Crippen LogP contribution is 2.16. The summed E-state index contributed by atoms with van der Waals surface area (Å²) in [6.45, 7) is 1.93. The van der Waals surface area contributed by atoms with Gasteiger partial charge in [-0.1, -0.05) is 41.1 Å². The van der Waals surface area contributed by atoms with Gasteiger partial charge in [-0.05, 0) is 42.8 Å². The van der Waals surface area contributed by atoms with Crippen molar-refractivity contribution in [3.8, 4) is 5.75 Å². The Bertz CT molecular complexity index is 554. The summed E-state index contributed by atoms with van der Waals surface area (Å²) < 4.78 is 6.68. The minimum Gasteiger partial charge on any atom is -0.481 e. The number of para-hydroxylation sites is 1. The summed E-state index contributed by atoms with van der Waals surface area (Å²) in [4.78, 5) is 12.2. The number of rotatable bonds is 5. The summed E-state index contributed by atoms with van der Waals surface area (Å²) in [5.74, 6) is 0.559. The predicted octanol–water partition coefficient (Wildman–Crippen LogP) is 4.25. The van der Waals surface area contributed by atoms with E-state index in [2.05, 4.69) is 21.2 Å². The standard InChI is InChI=1S/C16H16BrNO2/c1-2-15(20-14-6-4-3-5-7-14)16(19)18-13-10-8-12(17)9-11-13/h3-11,15H,2H2,1H3,(H,18,19). The summed E-state index contributed by atoms with van der Waals surface area (Å²) in [7, 11) is 0. The van der Waals surface area contributed by atoms with E-state index in [4.69, 9.17) is 4.74 Å². The molecule has 0 radical (unpaired) electrons. The van der Waals surface area contributed by atoms with Crippen molar-refractivity contribution in [1.29, 1.82) is 0 Å². The Morgan fingerprint density at radius 2 is 1.80 bits per heavy atom. The normalized spacial score (nSPS) is 11.7. The lowest BCUT2D eigenvalue weighted by molar-refractivity contribution is -0.122. The van der Waals surface area contributed by atoms with Crippen LogP contribution in [-0.2, 0) is 4.79 Å². The molecule has 0 aliphatic rings. The minimum atomic E-state index is -0.499. The van der Waals surface area contributed by atoms with E-state index in [1.807, 2.05) is 61.5 Å². The van der Waals surface area contributed by atoms with Crippen LogP contribution in [0.4, 0.5) is 5.69 Å². The SMILES string of the molecule is CCC(Oc1ccccc1)C(=O)Nc1ccc(Br)cc1.